The molecule has 1 aliphatic carbocycles. The van der Waals surface area contributed by atoms with Crippen LogP contribution in [0.15, 0.2) is 90.6 Å². The van der Waals surface area contributed by atoms with Crippen molar-refractivity contribution in [2.75, 3.05) is 0 Å². The van der Waals surface area contributed by atoms with Crippen LogP contribution in [0.1, 0.15) is 42.5 Å². The third-order valence-corrected chi connectivity index (χ3v) is 7.67. The molecule has 41 heavy (non-hydrogen) atoms. The van der Waals surface area contributed by atoms with Gasteiger partial charge < -0.3 is 9.30 Å². The Morgan fingerprint density at radius 1 is 0.878 bits per heavy atom. The lowest BCUT2D eigenvalue weighted by atomic mass is 9.97. The number of imidazole rings is 1. The molecule has 7 rings (SSSR count). The van der Waals surface area contributed by atoms with Gasteiger partial charge in [0.1, 0.15) is 28.5 Å². The minimum atomic E-state index is -0.601. The van der Waals surface area contributed by atoms with Gasteiger partial charge in [-0.2, -0.15) is 0 Å². The van der Waals surface area contributed by atoms with Crippen molar-refractivity contribution in [3.8, 4) is 17.1 Å². The summed E-state index contributed by atoms with van der Waals surface area (Å²) in [5.74, 6) is -0.436. The van der Waals surface area contributed by atoms with Crippen LogP contribution in [0.5, 0.6) is 5.75 Å². The number of para-hydroxylation sites is 2. The van der Waals surface area contributed by atoms with Crippen LogP contribution in [0, 0.1) is 11.6 Å². The number of halogens is 2. The fourth-order valence-electron chi connectivity index (χ4n) is 5.59. The topological polar surface area (TPSA) is 61.4 Å². The molecule has 3 aromatic heterocycles. The molecule has 6 aromatic rings. The highest BCUT2D eigenvalue weighted by molar-refractivity contribution is 6.03. The summed E-state index contributed by atoms with van der Waals surface area (Å²) in [6.07, 6.45) is 9.55. The van der Waals surface area contributed by atoms with Gasteiger partial charge in [0.25, 0.3) is 0 Å². The Labute approximate surface area is 234 Å². The number of rotatable bonds is 6. The molecule has 0 atom stereocenters. The highest BCUT2D eigenvalue weighted by Crippen LogP contribution is 2.37. The van der Waals surface area contributed by atoms with Crippen LogP contribution < -0.4 is 4.74 Å². The lowest BCUT2D eigenvalue weighted by molar-refractivity contribution is 0.0737. The summed E-state index contributed by atoms with van der Waals surface area (Å²) >= 11 is 0. The van der Waals surface area contributed by atoms with Crippen molar-refractivity contribution in [3.05, 3.63) is 108 Å². The van der Waals surface area contributed by atoms with Gasteiger partial charge in [0, 0.05) is 18.3 Å². The van der Waals surface area contributed by atoms with Gasteiger partial charge in [-0.05, 0) is 92.8 Å². The fraction of sp³-hybridized carbons (Fsp3) is 0.182. The Balaban J connectivity index is 1.45. The van der Waals surface area contributed by atoms with Gasteiger partial charge in [0.2, 0.25) is 0 Å². The number of aryl methyl sites for hydroxylation is 1. The first kappa shape index (κ1) is 25.1. The molecule has 0 bridgehead atoms. The molecule has 3 aromatic carbocycles. The van der Waals surface area contributed by atoms with Crippen molar-refractivity contribution in [2.24, 2.45) is 0 Å². The zero-order valence-corrected chi connectivity index (χ0v) is 22.2. The molecule has 0 saturated carbocycles. The number of hydrogen-bond acceptors (Lipinski definition) is 4. The maximum Gasteiger partial charge on any atom is 0.343 e. The Hall–Kier alpha value is -4.85. The van der Waals surface area contributed by atoms with E-state index in [1.165, 1.54) is 54.8 Å². The van der Waals surface area contributed by atoms with Crippen LogP contribution in [0.25, 0.3) is 39.1 Å². The van der Waals surface area contributed by atoms with Crippen LogP contribution in [-0.2, 0) is 6.54 Å². The number of hydrogen-bond donors (Lipinski definition) is 0. The second-order valence-electron chi connectivity index (χ2n) is 10.3. The molecule has 0 N–H and O–H groups in total. The van der Waals surface area contributed by atoms with E-state index < -0.39 is 11.8 Å². The van der Waals surface area contributed by atoms with Crippen molar-refractivity contribution in [1.29, 1.82) is 0 Å². The van der Waals surface area contributed by atoms with E-state index >= 15 is 0 Å². The number of esters is 1. The molecular weight excluding hydrogens is 522 g/mol. The SMILES string of the molecule is O=C(Oc1cn(CCC2=CCCCC2)c2nc(-c3ccc(F)cc3)n3c4ccccc4nc3c12)c1ccc(F)cc1. The van der Waals surface area contributed by atoms with E-state index in [-0.39, 0.29) is 11.4 Å². The third-order valence-electron chi connectivity index (χ3n) is 7.67. The third kappa shape index (κ3) is 4.65. The summed E-state index contributed by atoms with van der Waals surface area (Å²) in [5, 5.41) is 0.597. The van der Waals surface area contributed by atoms with Crippen molar-refractivity contribution < 1.29 is 18.3 Å². The number of benzene rings is 3. The summed E-state index contributed by atoms with van der Waals surface area (Å²) in [5.41, 5.74) is 5.15. The molecule has 0 aliphatic heterocycles. The van der Waals surface area contributed by atoms with Crippen molar-refractivity contribution in [2.45, 2.75) is 38.6 Å². The molecule has 204 valence electrons. The van der Waals surface area contributed by atoms with Gasteiger partial charge in [0.15, 0.2) is 11.4 Å². The molecule has 6 nitrogen and oxygen atoms in total. The largest absolute Gasteiger partial charge is 0.420 e. The molecule has 0 fully saturated rings. The molecule has 0 amide bonds. The molecule has 0 unspecified atom stereocenters. The van der Waals surface area contributed by atoms with Gasteiger partial charge in [-0.3, -0.25) is 4.40 Å². The Morgan fingerprint density at radius 3 is 2.39 bits per heavy atom. The lowest BCUT2D eigenvalue weighted by Gasteiger charge is -2.13. The molecular formula is C33H26F2N4O2. The average Bonchev–Trinajstić information content (AvgIpc) is 3.55. The van der Waals surface area contributed by atoms with Crippen LogP contribution in [0.2, 0.25) is 0 Å². The van der Waals surface area contributed by atoms with Gasteiger partial charge >= 0.3 is 5.97 Å². The number of carbonyl (C=O) groups is 1. The predicted octanol–water partition coefficient (Wildman–Crippen LogP) is 7.89. The summed E-state index contributed by atoms with van der Waals surface area (Å²) in [6.45, 7) is 0.642. The fourth-order valence-corrected chi connectivity index (χ4v) is 5.59. The molecule has 0 saturated heterocycles. The predicted molar refractivity (Wildman–Crippen MR) is 154 cm³/mol. The molecule has 0 spiro atoms. The highest BCUT2D eigenvalue weighted by Gasteiger charge is 2.24. The second kappa shape index (κ2) is 10.3. The maximum atomic E-state index is 13.9. The average molecular weight is 549 g/mol. The number of aromatic nitrogens is 4. The first-order valence-electron chi connectivity index (χ1n) is 13.8. The van der Waals surface area contributed by atoms with Crippen LogP contribution in [0.4, 0.5) is 8.78 Å². The first-order chi connectivity index (χ1) is 20.0. The van der Waals surface area contributed by atoms with E-state index in [1.807, 2.05) is 33.2 Å². The van der Waals surface area contributed by atoms with Gasteiger partial charge in [-0.15, -0.1) is 0 Å². The Bertz CT molecular complexity index is 1950. The van der Waals surface area contributed by atoms with Crippen LogP contribution in [-0.4, -0.2) is 24.9 Å². The lowest BCUT2D eigenvalue weighted by Crippen LogP contribution is -2.08. The zero-order chi connectivity index (χ0) is 27.9. The zero-order valence-electron chi connectivity index (χ0n) is 22.2. The summed E-state index contributed by atoms with van der Waals surface area (Å²) < 4.78 is 37.3. The molecule has 3 heterocycles. The number of allylic oxidation sites excluding steroid dienone is 2. The van der Waals surface area contributed by atoms with Gasteiger partial charge in [0.05, 0.1) is 16.6 Å². The summed E-state index contributed by atoms with van der Waals surface area (Å²) in [7, 11) is 0. The number of nitrogens with zero attached hydrogens (tertiary/aromatic N) is 4. The number of carbonyl (C=O) groups excluding carboxylic acids is 1. The quantitative estimate of drug-likeness (QED) is 0.157. The molecule has 8 heteroatoms. The van der Waals surface area contributed by atoms with Crippen LogP contribution >= 0.6 is 0 Å². The molecule has 1 aliphatic rings. The second-order valence-corrected chi connectivity index (χ2v) is 10.3. The standard InChI is InChI=1S/C33H26F2N4O2/c34-24-14-10-22(11-15-24)30-37-31-29(32-36-26-8-4-5-9-27(26)39(30)32)28(41-33(40)23-12-16-25(35)17-13-23)20-38(31)19-18-21-6-2-1-3-7-21/h4-6,8-17,20H,1-3,7,18-19H2. The smallest absolute Gasteiger partial charge is 0.343 e. The van der Waals surface area contributed by atoms with E-state index in [0.717, 1.165) is 35.9 Å². The Kier molecular flexibility index (Phi) is 6.30. The monoisotopic (exact) mass is 548 g/mol. The van der Waals surface area contributed by atoms with E-state index in [0.29, 0.717) is 34.8 Å². The first-order valence-corrected chi connectivity index (χ1v) is 13.8. The molecule has 0 radical (unpaired) electrons. The summed E-state index contributed by atoms with van der Waals surface area (Å²) in [4.78, 5) is 23.2. The van der Waals surface area contributed by atoms with Gasteiger partial charge in [-0.25, -0.2) is 23.5 Å². The summed E-state index contributed by atoms with van der Waals surface area (Å²) in [6, 6.07) is 19.2. The van der Waals surface area contributed by atoms with Crippen molar-refractivity contribution >= 4 is 33.7 Å². The normalized spacial score (nSPS) is 13.7. The van der Waals surface area contributed by atoms with E-state index in [1.54, 1.807) is 18.3 Å². The minimum Gasteiger partial charge on any atom is -0.420 e. The van der Waals surface area contributed by atoms with E-state index in [2.05, 4.69) is 6.08 Å². The van der Waals surface area contributed by atoms with E-state index in [9.17, 15) is 13.6 Å². The van der Waals surface area contributed by atoms with Gasteiger partial charge in [-0.1, -0.05) is 23.8 Å². The Morgan fingerprint density at radius 2 is 1.63 bits per heavy atom. The van der Waals surface area contributed by atoms with E-state index in [4.69, 9.17) is 14.7 Å². The number of ether oxygens (including phenoxy) is 1. The number of fused-ring (bicyclic) bond motifs is 5. The maximum absolute atomic E-state index is 13.9. The van der Waals surface area contributed by atoms with Crippen molar-refractivity contribution in [3.63, 3.8) is 0 Å². The van der Waals surface area contributed by atoms with Crippen LogP contribution in [0.3, 0.4) is 0 Å². The highest BCUT2D eigenvalue weighted by atomic mass is 19.1. The van der Waals surface area contributed by atoms with Crippen molar-refractivity contribution in [1.82, 2.24) is 18.9 Å². The minimum absolute atomic E-state index is 0.236.